The number of ketones is 1. The number of carbonyl (C=O) groups excluding carboxylic acids is 4. The van der Waals surface area contributed by atoms with Gasteiger partial charge in [0.15, 0.2) is 11.8 Å². The number of benzene rings is 2. The third-order valence-corrected chi connectivity index (χ3v) is 8.47. The number of alkyl carbamates (subject to hydrolysis) is 1. The number of nitrogens with one attached hydrogen (secondary N) is 2. The Bertz CT molecular complexity index is 1850. The summed E-state index contributed by atoms with van der Waals surface area (Å²) in [4.78, 5) is 56.5. The molecule has 2 aromatic carbocycles. The molecule has 1 atom stereocenters. The molecular formula is C36H43N3O8S. The van der Waals surface area contributed by atoms with Crippen LogP contribution in [0.2, 0.25) is 0 Å². The molecule has 0 spiro atoms. The molecule has 0 saturated carbocycles. The number of methoxy groups -OCH3 is 1. The van der Waals surface area contributed by atoms with Crippen LogP contribution in [0.4, 0.5) is 10.6 Å². The lowest BCUT2D eigenvalue weighted by Crippen LogP contribution is -2.48. The van der Waals surface area contributed by atoms with Crippen molar-refractivity contribution in [2.45, 2.75) is 85.8 Å². The van der Waals surface area contributed by atoms with E-state index < -0.39 is 29.3 Å². The minimum atomic E-state index is -1.09. The van der Waals surface area contributed by atoms with E-state index in [9.17, 15) is 19.2 Å². The van der Waals surface area contributed by atoms with Crippen molar-refractivity contribution in [2.24, 2.45) is 0 Å². The number of amides is 2. The molecule has 4 rings (SSSR count). The summed E-state index contributed by atoms with van der Waals surface area (Å²) in [6.07, 6.45) is -0.758. The summed E-state index contributed by atoms with van der Waals surface area (Å²) in [6, 6.07) is 11.4. The highest BCUT2D eigenvalue weighted by molar-refractivity contribution is 7.21. The zero-order valence-electron chi connectivity index (χ0n) is 28.9. The molecule has 2 amide bonds. The highest BCUT2D eigenvalue weighted by Crippen LogP contribution is 2.37. The Balaban J connectivity index is 1.52. The van der Waals surface area contributed by atoms with Crippen LogP contribution in [0.3, 0.4) is 0 Å². The minimum absolute atomic E-state index is 0.0806. The number of esters is 1. The van der Waals surface area contributed by atoms with Gasteiger partial charge in [-0.1, -0.05) is 18.2 Å². The first-order valence-corrected chi connectivity index (χ1v) is 16.3. The zero-order valence-corrected chi connectivity index (χ0v) is 29.7. The van der Waals surface area contributed by atoms with Gasteiger partial charge in [-0.15, -0.1) is 11.3 Å². The molecule has 2 heterocycles. The summed E-state index contributed by atoms with van der Waals surface area (Å²) in [7, 11) is 1.60. The molecule has 256 valence electrons. The second-order valence-corrected chi connectivity index (χ2v) is 14.4. The maximum atomic E-state index is 13.5. The molecule has 2 aromatic heterocycles. The third kappa shape index (κ3) is 9.15. The van der Waals surface area contributed by atoms with Crippen molar-refractivity contribution in [1.29, 1.82) is 0 Å². The zero-order chi connectivity index (χ0) is 35.4. The van der Waals surface area contributed by atoms with E-state index in [-0.39, 0.29) is 24.9 Å². The summed E-state index contributed by atoms with van der Waals surface area (Å²) >= 11 is 1.27. The molecule has 11 nitrogen and oxygen atoms in total. The van der Waals surface area contributed by atoms with Gasteiger partial charge in [-0.05, 0) is 96.3 Å². The molecule has 0 bridgehead atoms. The maximum absolute atomic E-state index is 13.5. The summed E-state index contributed by atoms with van der Waals surface area (Å²) in [5.74, 6) is -0.768. The molecule has 0 saturated heterocycles. The molecule has 12 heteroatoms. The average Bonchev–Trinajstić information content (AvgIpc) is 3.34. The first-order valence-electron chi connectivity index (χ1n) is 15.5. The van der Waals surface area contributed by atoms with Gasteiger partial charge in [-0.2, -0.15) is 0 Å². The lowest BCUT2D eigenvalue weighted by Gasteiger charge is -2.26. The number of hydrogen-bond donors (Lipinski definition) is 2. The Kier molecular flexibility index (Phi) is 11.2. The quantitative estimate of drug-likeness (QED) is 0.125. The van der Waals surface area contributed by atoms with Gasteiger partial charge in [0.25, 0.3) is 5.91 Å². The number of anilines is 1. The number of rotatable bonds is 11. The van der Waals surface area contributed by atoms with E-state index in [1.807, 2.05) is 39.8 Å². The summed E-state index contributed by atoms with van der Waals surface area (Å²) in [6.45, 7) is 14.2. The smallest absolute Gasteiger partial charge is 0.408 e. The van der Waals surface area contributed by atoms with E-state index in [0.29, 0.717) is 33.9 Å². The Morgan fingerprint density at radius 1 is 0.917 bits per heavy atom. The van der Waals surface area contributed by atoms with E-state index in [0.717, 1.165) is 26.6 Å². The van der Waals surface area contributed by atoms with Gasteiger partial charge in [-0.3, -0.25) is 9.59 Å². The molecule has 0 aliphatic rings. The fourth-order valence-corrected chi connectivity index (χ4v) is 6.30. The van der Waals surface area contributed by atoms with Crippen LogP contribution in [0.15, 0.2) is 42.5 Å². The number of aromatic nitrogens is 1. The molecule has 0 aliphatic carbocycles. The van der Waals surface area contributed by atoms with Gasteiger partial charge in [0.05, 0.1) is 29.2 Å². The molecule has 48 heavy (non-hydrogen) atoms. The summed E-state index contributed by atoms with van der Waals surface area (Å²) in [5, 5.41) is 7.01. The fraction of sp³-hybridized carbons (Fsp3) is 0.417. The number of ether oxygens (including phenoxy) is 4. The number of pyridine rings is 1. The summed E-state index contributed by atoms with van der Waals surface area (Å²) in [5.41, 5.74) is 2.18. The Morgan fingerprint density at radius 3 is 2.29 bits per heavy atom. The van der Waals surface area contributed by atoms with Crippen molar-refractivity contribution < 1.29 is 38.1 Å². The average molecular weight is 678 g/mol. The van der Waals surface area contributed by atoms with Gasteiger partial charge in [0.1, 0.15) is 18.0 Å². The van der Waals surface area contributed by atoms with Crippen LogP contribution < -0.4 is 10.6 Å². The van der Waals surface area contributed by atoms with E-state index >= 15 is 0 Å². The van der Waals surface area contributed by atoms with E-state index in [1.54, 1.807) is 58.2 Å². The normalized spacial score (nSPS) is 12.5. The van der Waals surface area contributed by atoms with Crippen molar-refractivity contribution in [3.63, 3.8) is 0 Å². The standard InChI is InChI=1S/C36H43N3O8S/c1-20-29-23(17-44-9)13-14-24(21(2)40)31(29)48-30(20)32(41)39-28-16-15-25-22(11-10-12-26(25)37-28)18-45-33(42)27(19-46-35(3,4)5)38-34(43)47-36(6,7)8/h10-16,27H,17-19H2,1-9H3,(H,38,43)(H,37,39,41). The van der Waals surface area contributed by atoms with Gasteiger partial charge < -0.3 is 29.6 Å². The largest absolute Gasteiger partial charge is 0.459 e. The van der Waals surface area contributed by atoms with Crippen LogP contribution in [-0.4, -0.2) is 59.7 Å². The number of hydrogen-bond acceptors (Lipinski definition) is 10. The highest BCUT2D eigenvalue weighted by atomic mass is 32.1. The number of carbonyl (C=O) groups is 4. The van der Waals surface area contributed by atoms with Crippen LogP contribution in [0.5, 0.6) is 0 Å². The van der Waals surface area contributed by atoms with Gasteiger partial charge in [0, 0.05) is 28.1 Å². The van der Waals surface area contributed by atoms with Gasteiger partial charge in [0.2, 0.25) is 0 Å². The first kappa shape index (κ1) is 36.4. The molecule has 0 fully saturated rings. The number of Topliss-reactive ketones (excluding diaryl/α,β-unsaturated/α-hetero) is 1. The van der Waals surface area contributed by atoms with Crippen molar-refractivity contribution in [2.75, 3.05) is 19.0 Å². The predicted molar refractivity (Wildman–Crippen MR) is 186 cm³/mol. The second-order valence-electron chi connectivity index (χ2n) is 13.4. The number of aryl methyl sites for hydroxylation is 1. The lowest BCUT2D eigenvalue weighted by atomic mass is 10.0. The van der Waals surface area contributed by atoms with Crippen LogP contribution in [0.1, 0.15) is 85.2 Å². The molecule has 0 aliphatic heterocycles. The molecule has 1 unspecified atom stereocenters. The van der Waals surface area contributed by atoms with Crippen LogP contribution in [-0.2, 0) is 37.0 Å². The molecular weight excluding hydrogens is 634 g/mol. The Morgan fingerprint density at radius 2 is 1.65 bits per heavy atom. The summed E-state index contributed by atoms with van der Waals surface area (Å²) < 4.78 is 22.8. The molecule has 4 aromatic rings. The topological polar surface area (TPSA) is 142 Å². The number of thiophene rings is 1. The monoisotopic (exact) mass is 677 g/mol. The SMILES string of the molecule is COCc1ccc(C(C)=O)c2sc(C(=O)Nc3ccc4c(COC(=O)C(COC(C)(C)C)NC(=O)OC(C)(C)C)cccc4n3)c(C)c12. The minimum Gasteiger partial charge on any atom is -0.459 e. The first-order chi connectivity index (χ1) is 22.5. The van der Waals surface area contributed by atoms with Crippen molar-refractivity contribution in [3.05, 3.63) is 69.6 Å². The van der Waals surface area contributed by atoms with Crippen LogP contribution in [0, 0.1) is 6.92 Å². The third-order valence-electron chi connectivity index (χ3n) is 7.14. The van der Waals surface area contributed by atoms with Crippen LogP contribution in [0.25, 0.3) is 21.0 Å². The van der Waals surface area contributed by atoms with Crippen molar-refractivity contribution in [1.82, 2.24) is 10.3 Å². The highest BCUT2D eigenvalue weighted by Gasteiger charge is 2.28. The van der Waals surface area contributed by atoms with E-state index in [2.05, 4.69) is 15.6 Å². The molecule has 0 radical (unpaired) electrons. The van der Waals surface area contributed by atoms with E-state index in [1.165, 1.54) is 18.3 Å². The predicted octanol–water partition coefficient (Wildman–Crippen LogP) is 7.11. The van der Waals surface area contributed by atoms with Crippen molar-refractivity contribution >= 4 is 61.9 Å². The number of nitrogens with zero attached hydrogens (tertiary/aromatic N) is 1. The Hall–Kier alpha value is -4.39. The fourth-order valence-electron chi connectivity index (χ4n) is 4.99. The van der Waals surface area contributed by atoms with Gasteiger partial charge >= 0.3 is 12.1 Å². The molecule has 2 N–H and O–H groups in total. The Labute approximate surface area is 284 Å². The van der Waals surface area contributed by atoms with Crippen LogP contribution >= 0.6 is 11.3 Å². The lowest BCUT2D eigenvalue weighted by molar-refractivity contribution is -0.150. The maximum Gasteiger partial charge on any atom is 0.408 e. The van der Waals surface area contributed by atoms with Crippen molar-refractivity contribution in [3.8, 4) is 0 Å². The number of fused-ring (bicyclic) bond motifs is 2. The van der Waals surface area contributed by atoms with E-state index in [4.69, 9.17) is 18.9 Å². The second kappa shape index (κ2) is 14.8. The van der Waals surface area contributed by atoms with Gasteiger partial charge in [-0.25, -0.2) is 14.6 Å².